The molecule has 0 spiro atoms. The van der Waals surface area contributed by atoms with Crippen LogP contribution in [0.5, 0.6) is 0 Å². The van der Waals surface area contributed by atoms with Crippen molar-refractivity contribution in [3.05, 3.63) is 233 Å². The number of aryl methyl sites for hydroxylation is 1. The van der Waals surface area contributed by atoms with Crippen LogP contribution in [-0.2, 0) is 0 Å². The first-order valence-electron chi connectivity index (χ1n) is 19.4. The molecule has 0 aliphatic rings. The molecule has 0 aromatic heterocycles. The minimum atomic E-state index is -0.649. The van der Waals surface area contributed by atoms with Gasteiger partial charge in [0.2, 0.25) is 0 Å². The highest BCUT2D eigenvalue weighted by Gasteiger charge is 2.23. The van der Waals surface area contributed by atoms with Gasteiger partial charge >= 0.3 is 0 Å². The minimum Gasteiger partial charge on any atom is -0.514 e. The lowest BCUT2D eigenvalue weighted by molar-refractivity contribution is 0.281. The standard InChI is InChI=1S/C52H52BNO4/c1-7-9-19-39(8-2)48-33-43(28-32-47(48)42-22-14-11-15-23-42)40-26-29-44(30-27-40)54(50(34-49(53)37(5)55)52(58)51(57)38(6)56)36(4)25-31-46(41-20-12-10-13-21-41)45-24-17-16-18-35(45)3/h7-33,55-58H,1,34,53H2,2-6H3/b19-9-,36-25+,39-8+,46-31-,49-37-,51-38-,52-50-. The number of hydrogen-bond donors (Lipinski definition) is 4. The van der Waals surface area contributed by atoms with E-state index >= 15 is 0 Å². The van der Waals surface area contributed by atoms with Crippen molar-refractivity contribution in [3.63, 3.8) is 0 Å². The van der Waals surface area contributed by atoms with Gasteiger partial charge in [-0.15, -0.1) is 0 Å². The molecule has 0 aliphatic carbocycles. The smallest absolute Gasteiger partial charge is 0.197 e. The van der Waals surface area contributed by atoms with Gasteiger partial charge in [-0.1, -0.05) is 152 Å². The van der Waals surface area contributed by atoms with Crippen molar-refractivity contribution in [2.75, 3.05) is 4.90 Å². The van der Waals surface area contributed by atoms with Gasteiger partial charge in [0, 0.05) is 17.8 Å². The van der Waals surface area contributed by atoms with Crippen molar-refractivity contribution in [3.8, 4) is 22.3 Å². The summed E-state index contributed by atoms with van der Waals surface area (Å²) in [6.07, 6.45) is 12.0. The minimum absolute atomic E-state index is 0.0696. The third-order valence-corrected chi connectivity index (χ3v) is 10.1. The number of hydrogen-bond acceptors (Lipinski definition) is 5. The average Bonchev–Trinajstić information content (AvgIpc) is 3.24. The van der Waals surface area contributed by atoms with E-state index in [1.807, 2.05) is 104 Å². The zero-order chi connectivity index (χ0) is 41.8. The van der Waals surface area contributed by atoms with E-state index in [1.54, 1.807) is 20.8 Å². The van der Waals surface area contributed by atoms with Crippen molar-refractivity contribution in [2.45, 2.75) is 41.0 Å². The molecule has 4 N–H and O–H groups in total. The summed E-state index contributed by atoms with van der Waals surface area (Å²) in [6.45, 7) is 12.8. The summed E-state index contributed by atoms with van der Waals surface area (Å²) >= 11 is 0. The van der Waals surface area contributed by atoms with Gasteiger partial charge in [0.25, 0.3) is 0 Å². The normalized spacial score (nSPS) is 13.8. The van der Waals surface area contributed by atoms with Gasteiger partial charge in [-0.25, -0.2) is 0 Å². The highest BCUT2D eigenvalue weighted by Crippen LogP contribution is 2.37. The van der Waals surface area contributed by atoms with E-state index in [9.17, 15) is 20.4 Å². The number of anilines is 1. The molecular weight excluding hydrogens is 713 g/mol. The molecular formula is C52H52BNO4. The molecule has 0 radical (unpaired) electrons. The number of rotatable bonds is 14. The van der Waals surface area contributed by atoms with Crippen LogP contribution in [0.25, 0.3) is 33.4 Å². The van der Waals surface area contributed by atoms with E-state index in [1.165, 1.54) is 6.92 Å². The highest BCUT2D eigenvalue weighted by atomic mass is 16.3. The summed E-state index contributed by atoms with van der Waals surface area (Å²) in [5.74, 6) is -1.49. The van der Waals surface area contributed by atoms with Crippen LogP contribution >= 0.6 is 0 Å². The molecule has 0 bridgehead atoms. The molecule has 5 nitrogen and oxygen atoms in total. The molecule has 0 saturated heterocycles. The van der Waals surface area contributed by atoms with Crippen LogP contribution in [0, 0.1) is 6.92 Å². The predicted octanol–water partition coefficient (Wildman–Crippen LogP) is 13.2. The molecule has 6 heteroatoms. The molecule has 58 heavy (non-hydrogen) atoms. The lowest BCUT2D eigenvalue weighted by Crippen LogP contribution is -2.24. The molecule has 0 fully saturated rings. The lowest BCUT2D eigenvalue weighted by Gasteiger charge is -2.30. The molecule has 292 valence electrons. The fourth-order valence-electron chi connectivity index (χ4n) is 6.79. The molecule has 5 rings (SSSR count). The predicted molar refractivity (Wildman–Crippen MR) is 247 cm³/mol. The Morgan fingerprint density at radius 3 is 1.90 bits per heavy atom. The van der Waals surface area contributed by atoms with Crippen molar-refractivity contribution in [2.24, 2.45) is 0 Å². The van der Waals surface area contributed by atoms with Gasteiger partial charge in [0.1, 0.15) is 13.6 Å². The fourth-order valence-corrected chi connectivity index (χ4v) is 6.79. The third kappa shape index (κ3) is 10.1. The van der Waals surface area contributed by atoms with E-state index in [4.69, 9.17) is 0 Å². The summed E-state index contributed by atoms with van der Waals surface area (Å²) < 4.78 is 0. The fraction of sp³-hybridized carbons (Fsp3) is 0.115. The maximum absolute atomic E-state index is 11.7. The van der Waals surface area contributed by atoms with Gasteiger partial charge in [0.15, 0.2) is 11.5 Å². The number of nitrogens with zero attached hydrogens (tertiary/aromatic N) is 1. The maximum atomic E-state index is 11.7. The first-order chi connectivity index (χ1) is 27.9. The van der Waals surface area contributed by atoms with Gasteiger partial charge in [-0.3, -0.25) is 0 Å². The summed E-state index contributed by atoms with van der Waals surface area (Å²) in [7, 11) is 1.76. The van der Waals surface area contributed by atoms with Gasteiger partial charge < -0.3 is 25.3 Å². The molecule has 0 saturated carbocycles. The van der Waals surface area contributed by atoms with Crippen LogP contribution in [-0.4, -0.2) is 28.3 Å². The zero-order valence-electron chi connectivity index (χ0n) is 34.2. The summed E-state index contributed by atoms with van der Waals surface area (Å²) in [4.78, 5) is 1.85. The summed E-state index contributed by atoms with van der Waals surface area (Å²) in [5, 5.41) is 43.5. The molecule has 0 amide bonds. The maximum Gasteiger partial charge on any atom is 0.197 e. The Labute approximate surface area is 344 Å². The number of aliphatic hydroxyl groups is 4. The Morgan fingerprint density at radius 2 is 1.29 bits per heavy atom. The third-order valence-electron chi connectivity index (χ3n) is 10.1. The van der Waals surface area contributed by atoms with Gasteiger partial charge in [-0.05, 0) is 115 Å². The average molecular weight is 766 g/mol. The van der Waals surface area contributed by atoms with Crippen LogP contribution in [0.3, 0.4) is 0 Å². The highest BCUT2D eigenvalue weighted by molar-refractivity contribution is 6.22. The van der Waals surface area contributed by atoms with Crippen LogP contribution in [0.2, 0.25) is 0 Å². The zero-order valence-corrected chi connectivity index (χ0v) is 34.2. The van der Waals surface area contributed by atoms with Gasteiger partial charge in [0.05, 0.1) is 11.5 Å². The Morgan fingerprint density at radius 1 is 0.672 bits per heavy atom. The van der Waals surface area contributed by atoms with Crippen LogP contribution < -0.4 is 4.90 Å². The van der Waals surface area contributed by atoms with Crippen molar-refractivity contribution < 1.29 is 20.4 Å². The SMILES string of the molecule is B/C(C/C(=C(O)\C(O)=C(/C)O)N(/C(C)=C/C=C(/c1ccccc1)c1ccccc1C)c1ccc(-c2ccc(-c3ccccc3)c(C(/C=C\C=C)=C/C)c2)cc1)=C(/C)O. The van der Waals surface area contributed by atoms with E-state index in [0.717, 1.165) is 55.7 Å². The molecule has 0 aliphatic heterocycles. The second-order valence-electron chi connectivity index (χ2n) is 14.2. The van der Waals surface area contributed by atoms with E-state index in [-0.39, 0.29) is 17.9 Å². The molecule has 5 aromatic carbocycles. The summed E-state index contributed by atoms with van der Waals surface area (Å²) in [5.41, 5.74) is 12.9. The number of allylic oxidation sites excluding steroid dienone is 11. The van der Waals surface area contributed by atoms with Gasteiger partial charge in [-0.2, -0.15) is 0 Å². The second kappa shape index (κ2) is 19.8. The first kappa shape index (κ1) is 42.2. The monoisotopic (exact) mass is 765 g/mol. The number of aliphatic hydroxyl groups excluding tert-OH is 4. The topological polar surface area (TPSA) is 84.2 Å². The second-order valence-corrected chi connectivity index (χ2v) is 14.2. The molecule has 0 unspecified atom stereocenters. The van der Waals surface area contributed by atoms with Crippen molar-refractivity contribution in [1.82, 2.24) is 0 Å². The van der Waals surface area contributed by atoms with E-state index in [0.29, 0.717) is 16.9 Å². The molecule has 0 heterocycles. The number of benzene rings is 5. The van der Waals surface area contributed by atoms with Crippen LogP contribution in [0.15, 0.2) is 210 Å². The van der Waals surface area contributed by atoms with E-state index in [2.05, 4.69) is 86.3 Å². The quantitative estimate of drug-likeness (QED) is 0.0514. The molecule has 0 atom stereocenters. The van der Waals surface area contributed by atoms with E-state index < -0.39 is 17.3 Å². The van der Waals surface area contributed by atoms with Crippen LogP contribution in [0.1, 0.15) is 56.4 Å². The van der Waals surface area contributed by atoms with Crippen molar-refractivity contribution >= 4 is 24.7 Å². The summed E-state index contributed by atoms with van der Waals surface area (Å²) in [6, 6.07) is 43.2. The first-order valence-corrected chi connectivity index (χ1v) is 19.4. The largest absolute Gasteiger partial charge is 0.514 e. The molecule has 5 aromatic rings. The Hall–Kier alpha value is -6.92. The Bertz CT molecular complexity index is 2460. The lowest BCUT2D eigenvalue weighted by atomic mass is 9.88. The Kier molecular flexibility index (Phi) is 14.4. The Balaban J connectivity index is 1.71. The van der Waals surface area contributed by atoms with Crippen molar-refractivity contribution in [1.29, 1.82) is 0 Å². The van der Waals surface area contributed by atoms with Crippen LogP contribution in [0.4, 0.5) is 5.69 Å².